The maximum Gasteiger partial charge on any atom is 0.269 e. The Morgan fingerprint density at radius 1 is 1.36 bits per heavy atom. The van der Waals surface area contributed by atoms with Crippen molar-refractivity contribution in [3.05, 3.63) is 34.4 Å². The molecule has 1 aromatic heterocycles. The summed E-state index contributed by atoms with van der Waals surface area (Å²) >= 11 is 2.66. The highest BCUT2D eigenvalue weighted by atomic mass is 32.2. The number of carbonyl (C=O) groups is 1. The summed E-state index contributed by atoms with van der Waals surface area (Å²) < 4.78 is 0.690. The molecule has 2 N–H and O–H groups in total. The second-order valence-corrected chi connectivity index (χ2v) is 6.74. The molecule has 0 radical (unpaired) electrons. The quantitative estimate of drug-likeness (QED) is 0.473. The molecular weight excluding hydrogens is 326 g/mol. The first-order valence-corrected chi connectivity index (χ1v) is 7.92. The minimum atomic E-state index is -0.487. The van der Waals surface area contributed by atoms with Crippen LogP contribution in [0.4, 0.5) is 16.5 Å². The Hall–Kier alpha value is -2.20. The maximum atomic E-state index is 12.1. The molecule has 0 spiro atoms. The zero-order valence-electron chi connectivity index (χ0n) is 11.8. The third-order valence-electron chi connectivity index (χ3n) is 2.61. The monoisotopic (exact) mass is 339 g/mol. The number of thioether (sulfide) groups is 1. The molecule has 1 unspecified atom stereocenters. The number of benzene rings is 1. The van der Waals surface area contributed by atoms with Crippen molar-refractivity contribution in [2.75, 3.05) is 17.7 Å². The Balaban J connectivity index is 1.94. The van der Waals surface area contributed by atoms with Gasteiger partial charge in [0.1, 0.15) is 0 Å². The predicted molar refractivity (Wildman–Crippen MR) is 86.5 cm³/mol. The van der Waals surface area contributed by atoms with Gasteiger partial charge in [-0.1, -0.05) is 23.1 Å². The van der Waals surface area contributed by atoms with Gasteiger partial charge >= 0.3 is 0 Å². The number of carbonyl (C=O) groups excluding carboxylic acids is 1. The van der Waals surface area contributed by atoms with Gasteiger partial charge in [-0.3, -0.25) is 14.9 Å². The van der Waals surface area contributed by atoms with Crippen LogP contribution in [0, 0.1) is 10.1 Å². The molecule has 0 fully saturated rings. The number of nitro groups is 1. The molecule has 2 rings (SSSR count). The molecule has 0 aliphatic carbocycles. The summed E-state index contributed by atoms with van der Waals surface area (Å²) in [4.78, 5) is 22.2. The van der Waals surface area contributed by atoms with Crippen molar-refractivity contribution >= 4 is 45.5 Å². The van der Waals surface area contributed by atoms with Crippen LogP contribution in [0.2, 0.25) is 0 Å². The Kier molecular flexibility index (Phi) is 5.28. The maximum absolute atomic E-state index is 12.1. The number of aromatic nitrogens is 2. The van der Waals surface area contributed by atoms with Gasteiger partial charge in [-0.15, -0.1) is 10.2 Å². The molecule has 22 heavy (non-hydrogen) atoms. The molecule has 0 aliphatic heterocycles. The summed E-state index contributed by atoms with van der Waals surface area (Å²) in [7, 11) is 1.75. The first-order valence-electron chi connectivity index (χ1n) is 6.23. The number of nitrogens with one attached hydrogen (secondary N) is 2. The molecule has 0 saturated carbocycles. The van der Waals surface area contributed by atoms with E-state index in [4.69, 9.17) is 0 Å². The summed E-state index contributed by atoms with van der Waals surface area (Å²) in [5.74, 6) is -0.208. The number of hydrogen-bond donors (Lipinski definition) is 2. The van der Waals surface area contributed by atoms with Crippen molar-refractivity contribution in [2.45, 2.75) is 16.5 Å². The van der Waals surface area contributed by atoms with Crippen molar-refractivity contribution in [1.29, 1.82) is 0 Å². The fourth-order valence-corrected chi connectivity index (χ4v) is 3.32. The molecular formula is C12H13N5O3S2. The number of non-ortho nitro benzene ring substituents is 1. The van der Waals surface area contributed by atoms with Gasteiger partial charge in [-0.2, -0.15) is 0 Å². The second-order valence-electron chi connectivity index (χ2n) is 4.18. The first-order chi connectivity index (χ1) is 10.5. The van der Waals surface area contributed by atoms with Crippen molar-refractivity contribution in [3.63, 3.8) is 0 Å². The van der Waals surface area contributed by atoms with Gasteiger partial charge < -0.3 is 10.6 Å². The Bertz CT molecular complexity index is 674. The number of rotatable bonds is 6. The molecule has 1 amide bonds. The number of hydrogen-bond acceptors (Lipinski definition) is 8. The molecule has 0 aliphatic rings. The lowest BCUT2D eigenvalue weighted by molar-refractivity contribution is -0.384. The van der Waals surface area contributed by atoms with Gasteiger partial charge in [0.05, 0.1) is 10.2 Å². The third kappa shape index (κ3) is 4.15. The zero-order valence-corrected chi connectivity index (χ0v) is 13.4. The summed E-state index contributed by atoms with van der Waals surface area (Å²) in [5, 5.41) is 24.3. The van der Waals surface area contributed by atoms with E-state index >= 15 is 0 Å². The molecule has 1 aromatic carbocycles. The summed E-state index contributed by atoms with van der Waals surface area (Å²) in [6, 6.07) is 5.68. The Morgan fingerprint density at radius 2 is 2.05 bits per heavy atom. The lowest BCUT2D eigenvalue weighted by Gasteiger charge is -2.09. The van der Waals surface area contributed by atoms with Crippen molar-refractivity contribution < 1.29 is 9.72 Å². The van der Waals surface area contributed by atoms with Crippen LogP contribution in [0.1, 0.15) is 6.92 Å². The smallest absolute Gasteiger partial charge is 0.269 e. The molecule has 8 nitrogen and oxygen atoms in total. The van der Waals surface area contributed by atoms with Crippen LogP contribution in [0.25, 0.3) is 0 Å². The minimum Gasteiger partial charge on any atom is -0.363 e. The van der Waals surface area contributed by atoms with Crippen LogP contribution in [0.15, 0.2) is 28.6 Å². The van der Waals surface area contributed by atoms with E-state index < -0.39 is 4.92 Å². The van der Waals surface area contributed by atoms with Crippen LogP contribution >= 0.6 is 23.1 Å². The predicted octanol–water partition coefficient (Wildman–Crippen LogP) is 2.61. The van der Waals surface area contributed by atoms with Crippen LogP contribution in [0.5, 0.6) is 0 Å². The van der Waals surface area contributed by atoms with Crippen LogP contribution in [-0.4, -0.2) is 33.3 Å². The van der Waals surface area contributed by atoms with Gasteiger partial charge in [-0.05, 0) is 19.1 Å². The van der Waals surface area contributed by atoms with Gasteiger partial charge in [0.15, 0.2) is 4.34 Å². The average Bonchev–Trinajstić information content (AvgIpc) is 2.95. The van der Waals surface area contributed by atoms with E-state index in [-0.39, 0.29) is 16.8 Å². The van der Waals surface area contributed by atoms with Crippen molar-refractivity contribution in [3.8, 4) is 0 Å². The van der Waals surface area contributed by atoms with E-state index in [9.17, 15) is 14.9 Å². The number of nitrogens with zero attached hydrogens (tertiary/aromatic N) is 3. The van der Waals surface area contributed by atoms with Crippen molar-refractivity contribution in [2.24, 2.45) is 0 Å². The molecule has 10 heteroatoms. The second kappa shape index (κ2) is 7.18. The molecule has 0 saturated heterocycles. The first kappa shape index (κ1) is 16.2. The van der Waals surface area contributed by atoms with E-state index in [1.54, 1.807) is 14.0 Å². The number of nitro benzene ring substituents is 1. The van der Waals surface area contributed by atoms with Gasteiger partial charge in [-0.25, -0.2) is 0 Å². The van der Waals surface area contributed by atoms with E-state index in [1.165, 1.54) is 47.4 Å². The highest BCUT2D eigenvalue weighted by Crippen LogP contribution is 2.29. The van der Waals surface area contributed by atoms with Crippen LogP contribution in [-0.2, 0) is 4.79 Å². The largest absolute Gasteiger partial charge is 0.363 e. The van der Waals surface area contributed by atoms with Crippen LogP contribution in [0.3, 0.4) is 0 Å². The summed E-state index contributed by atoms with van der Waals surface area (Å²) in [5.41, 5.74) is 0.491. The van der Waals surface area contributed by atoms with Gasteiger partial charge in [0, 0.05) is 24.9 Å². The number of amides is 1. The molecule has 0 bridgehead atoms. The molecule has 1 atom stereocenters. The van der Waals surface area contributed by atoms with E-state index in [0.29, 0.717) is 15.2 Å². The van der Waals surface area contributed by atoms with E-state index in [2.05, 4.69) is 20.8 Å². The third-order valence-corrected chi connectivity index (χ3v) is 4.74. The summed E-state index contributed by atoms with van der Waals surface area (Å²) in [6.07, 6.45) is 0. The Morgan fingerprint density at radius 3 is 2.59 bits per heavy atom. The average molecular weight is 339 g/mol. The fourth-order valence-electron chi connectivity index (χ4n) is 1.47. The molecule has 2 aromatic rings. The van der Waals surface area contributed by atoms with Gasteiger partial charge in [0.2, 0.25) is 11.0 Å². The van der Waals surface area contributed by atoms with Crippen LogP contribution < -0.4 is 10.6 Å². The topological polar surface area (TPSA) is 110 Å². The van der Waals surface area contributed by atoms with E-state index in [0.717, 1.165) is 0 Å². The zero-order chi connectivity index (χ0) is 16.1. The number of anilines is 2. The summed E-state index contributed by atoms with van der Waals surface area (Å²) in [6.45, 7) is 1.76. The lowest BCUT2D eigenvalue weighted by Crippen LogP contribution is -2.22. The standard InChI is InChI=1S/C12H13N5O3S2/c1-7(21-12-16-15-11(13-2)22-12)10(18)14-8-3-5-9(6-4-8)17(19)20/h3-7H,1-2H3,(H,13,15)(H,14,18). The van der Waals surface area contributed by atoms with Gasteiger partial charge in [0.25, 0.3) is 5.69 Å². The SMILES string of the molecule is CNc1nnc(SC(C)C(=O)Nc2ccc([N+](=O)[O-])cc2)s1. The lowest BCUT2D eigenvalue weighted by atomic mass is 10.3. The highest BCUT2D eigenvalue weighted by molar-refractivity contribution is 8.02. The fraction of sp³-hybridized carbons (Fsp3) is 0.250. The highest BCUT2D eigenvalue weighted by Gasteiger charge is 2.17. The Labute approximate surface area is 134 Å². The van der Waals surface area contributed by atoms with Crippen molar-refractivity contribution in [1.82, 2.24) is 10.2 Å². The molecule has 1 heterocycles. The minimum absolute atomic E-state index is 0.0196. The normalized spacial score (nSPS) is 11.7. The molecule has 116 valence electrons. The van der Waals surface area contributed by atoms with E-state index in [1.807, 2.05) is 0 Å².